The van der Waals surface area contributed by atoms with Gasteiger partial charge in [-0.2, -0.15) is 5.10 Å². The summed E-state index contributed by atoms with van der Waals surface area (Å²) in [7, 11) is 0. The van der Waals surface area contributed by atoms with Gasteiger partial charge in [0.25, 0.3) is 0 Å². The molecule has 1 aromatic rings. The summed E-state index contributed by atoms with van der Waals surface area (Å²) < 4.78 is 2.20. The number of piperidine rings is 1. The van der Waals surface area contributed by atoms with E-state index in [9.17, 15) is 4.79 Å². The maximum absolute atomic E-state index is 11.9. The van der Waals surface area contributed by atoms with Gasteiger partial charge in [0, 0.05) is 37.7 Å². The van der Waals surface area contributed by atoms with Crippen molar-refractivity contribution < 1.29 is 4.79 Å². The lowest BCUT2D eigenvalue weighted by molar-refractivity contribution is -0.123. The normalized spacial score (nSPS) is 26.8. The van der Waals surface area contributed by atoms with Crippen molar-refractivity contribution in [1.29, 1.82) is 0 Å². The van der Waals surface area contributed by atoms with Crippen LogP contribution in [0.2, 0.25) is 0 Å². The molecule has 2 fully saturated rings. The lowest BCUT2D eigenvalue weighted by Crippen LogP contribution is -2.44. The molecular formula is C20H33N3O. The van der Waals surface area contributed by atoms with E-state index in [2.05, 4.69) is 34.7 Å². The molecule has 3 rings (SSSR count). The van der Waals surface area contributed by atoms with E-state index in [0.29, 0.717) is 36.1 Å². The Labute approximate surface area is 146 Å². The van der Waals surface area contributed by atoms with E-state index in [1.807, 2.05) is 13.1 Å². The van der Waals surface area contributed by atoms with Crippen molar-refractivity contribution in [2.75, 3.05) is 13.1 Å². The highest BCUT2D eigenvalue weighted by Crippen LogP contribution is 2.32. The van der Waals surface area contributed by atoms with Crippen LogP contribution < -0.4 is 0 Å². The Hall–Kier alpha value is -1.16. The molecule has 1 aliphatic carbocycles. The van der Waals surface area contributed by atoms with Crippen molar-refractivity contribution in [3.63, 3.8) is 0 Å². The molecule has 0 radical (unpaired) electrons. The first-order valence-electron chi connectivity index (χ1n) is 9.89. The van der Waals surface area contributed by atoms with Crippen LogP contribution in [-0.2, 0) is 4.79 Å². The highest BCUT2D eigenvalue weighted by Gasteiger charge is 2.31. The predicted molar refractivity (Wildman–Crippen MR) is 97.2 cm³/mol. The van der Waals surface area contributed by atoms with Crippen molar-refractivity contribution in [3.05, 3.63) is 18.0 Å². The summed E-state index contributed by atoms with van der Waals surface area (Å²) in [5.74, 6) is 1.38. The maximum Gasteiger partial charge on any atom is 0.135 e. The molecule has 2 heterocycles. The van der Waals surface area contributed by atoms with Gasteiger partial charge in [-0.15, -0.1) is 0 Å². The van der Waals surface area contributed by atoms with E-state index in [1.165, 1.54) is 44.3 Å². The van der Waals surface area contributed by atoms with Crippen molar-refractivity contribution in [2.24, 2.45) is 5.92 Å². The van der Waals surface area contributed by atoms with E-state index in [1.54, 1.807) is 0 Å². The lowest BCUT2D eigenvalue weighted by Gasteiger charge is -2.40. The number of aromatic nitrogens is 2. The molecule has 0 aromatic carbocycles. The number of hydrogen-bond donors (Lipinski definition) is 0. The van der Waals surface area contributed by atoms with E-state index >= 15 is 0 Å². The largest absolute Gasteiger partial charge is 0.300 e. The molecule has 2 aliphatic rings. The monoisotopic (exact) mass is 331 g/mol. The Bertz CT molecular complexity index is 535. The summed E-state index contributed by atoms with van der Waals surface area (Å²) in [6.07, 6.45) is 12.0. The molecule has 4 heteroatoms. The third kappa shape index (κ3) is 3.90. The van der Waals surface area contributed by atoms with Gasteiger partial charge in [-0.25, -0.2) is 0 Å². The van der Waals surface area contributed by atoms with Crippen molar-refractivity contribution in [3.8, 4) is 0 Å². The topological polar surface area (TPSA) is 38.1 Å². The molecule has 0 atom stereocenters. The number of rotatable bonds is 5. The molecule has 0 spiro atoms. The van der Waals surface area contributed by atoms with Gasteiger partial charge in [0.05, 0.1) is 12.2 Å². The summed E-state index contributed by atoms with van der Waals surface area (Å²) in [6, 6.07) is 1.27. The van der Waals surface area contributed by atoms with Crippen LogP contribution in [-0.4, -0.2) is 39.6 Å². The summed E-state index contributed by atoms with van der Waals surface area (Å²) in [4.78, 5) is 14.6. The Morgan fingerprint density at radius 3 is 2.33 bits per heavy atom. The number of likely N-dealkylation sites (tertiary alicyclic amines) is 1. The van der Waals surface area contributed by atoms with Crippen molar-refractivity contribution in [2.45, 2.75) is 83.7 Å². The average Bonchev–Trinajstić information content (AvgIpc) is 3.12. The zero-order valence-electron chi connectivity index (χ0n) is 15.6. The zero-order valence-corrected chi connectivity index (χ0v) is 15.6. The predicted octanol–water partition coefficient (Wildman–Crippen LogP) is 4.18. The summed E-state index contributed by atoms with van der Waals surface area (Å²) in [5, 5.41) is 4.60. The van der Waals surface area contributed by atoms with Gasteiger partial charge < -0.3 is 4.90 Å². The average molecular weight is 332 g/mol. The Kier molecular flexibility index (Phi) is 5.75. The number of carbonyl (C=O) groups excluding carboxylic acids is 1. The molecule has 1 aromatic heterocycles. The van der Waals surface area contributed by atoms with Crippen LogP contribution in [0.3, 0.4) is 0 Å². The van der Waals surface area contributed by atoms with Gasteiger partial charge in [-0.3, -0.25) is 9.48 Å². The Morgan fingerprint density at radius 2 is 1.79 bits per heavy atom. The second kappa shape index (κ2) is 7.81. The number of Topliss-reactive ketones (excluding diaryl/α,β-unsaturated/α-hetero) is 1. The van der Waals surface area contributed by atoms with E-state index < -0.39 is 0 Å². The minimum absolute atomic E-state index is 0.349. The molecule has 134 valence electrons. The fourth-order valence-corrected chi connectivity index (χ4v) is 4.42. The van der Waals surface area contributed by atoms with Crippen LogP contribution in [0.1, 0.15) is 83.2 Å². The van der Waals surface area contributed by atoms with Gasteiger partial charge in [0.2, 0.25) is 0 Å². The second-order valence-corrected chi connectivity index (χ2v) is 8.00. The molecule has 0 unspecified atom stereocenters. The summed E-state index contributed by atoms with van der Waals surface area (Å²) in [5.41, 5.74) is 1.34. The lowest BCUT2D eigenvalue weighted by atomic mass is 9.81. The third-order valence-electron chi connectivity index (χ3n) is 6.18. The first-order chi connectivity index (χ1) is 11.6. The molecule has 0 bridgehead atoms. The van der Waals surface area contributed by atoms with Crippen LogP contribution in [0.15, 0.2) is 12.4 Å². The number of carbonyl (C=O) groups is 1. The highest BCUT2D eigenvalue weighted by molar-refractivity contribution is 5.80. The Morgan fingerprint density at radius 1 is 1.12 bits per heavy atom. The first-order valence-corrected chi connectivity index (χ1v) is 9.89. The highest BCUT2D eigenvalue weighted by atomic mass is 16.1. The minimum atomic E-state index is 0.349. The SMILES string of the molecule is CCC(=O)[C@H]1CC[C@H](N2CCC(n3cc(C(C)C)cn3)CC2)CC1. The molecule has 1 saturated carbocycles. The summed E-state index contributed by atoms with van der Waals surface area (Å²) >= 11 is 0. The molecule has 24 heavy (non-hydrogen) atoms. The smallest absolute Gasteiger partial charge is 0.135 e. The molecule has 4 nitrogen and oxygen atoms in total. The van der Waals surface area contributed by atoms with E-state index in [-0.39, 0.29) is 0 Å². The number of hydrogen-bond acceptors (Lipinski definition) is 3. The van der Waals surface area contributed by atoms with Crippen LogP contribution in [0.5, 0.6) is 0 Å². The fraction of sp³-hybridized carbons (Fsp3) is 0.800. The first kappa shape index (κ1) is 17.7. The van der Waals surface area contributed by atoms with Crippen molar-refractivity contribution >= 4 is 5.78 Å². The fourth-order valence-electron chi connectivity index (χ4n) is 4.42. The van der Waals surface area contributed by atoms with Gasteiger partial charge >= 0.3 is 0 Å². The minimum Gasteiger partial charge on any atom is -0.300 e. The second-order valence-electron chi connectivity index (χ2n) is 8.00. The zero-order chi connectivity index (χ0) is 17.1. The van der Waals surface area contributed by atoms with Gasteiger partial charge in [-0.1, -0.05) is 20.8 Å². The molecule has 1 saturated heterocycles. The molecular weight excluding hydrogens is 298 g/mol. The third-order valence-corrected chi connectivity index (χ3v) is 6.18. The molecule has 0 amide bonds. The van der Waals surface area contributed by atoms with E-state index in [0.717, 1.165) is 12.8 Å². The summed E-state index contributed by atoms with van der Waals surface area (Å²) in [6.45, 7) is 8.81. The van der Waals surface area contributed by atoms with Crippen LogP contribution >= 0.6 is 0 Å². The standard InChI is InChI=1S/C20H33N3O/c1-4-20(24)16-5-7-18(8-6-16)22-11-9-19(10-12-22)23-14-17(13-21-23)15(2)3/h13-16,18-19H,4-12H2,1-3H3/t16-,18-. The van der Waals surface area contributed by atoms with Crippen molar-refractivity contribution in [1.82, 2.24) is 14.7 Å². The maximum atomic E-state index is 11.9. The van der Waals surface area contributed by atoms with Gasteiger partial charge in [-0.05, 0) is 50.0 Å². The van der Waals surface area contributed by atoms with Crippen LogP contribution in [0, 0.1) is 5.92 Å². The number of ketones is 1. The molecule has 0 N–H and O–H groups in total. The van der Waals surface area contributed by atoms with Gasteiger partial charge in [0.1, 0.15) is 5.78 Å². The molecule has 1 aliphatic heterocycles. The number of nitrogens with zero attached hydrogens (tertiary/aromatic N) is 3. The van der Waals surface area contributed by atoms with E-state index in [4.69, 9.17) is 0 Å². The Balaban J connectivity index is 1.48. The van der Waals surface area contributed by atoms with Gasteiger partial charge in [0.15, 0.2) is 0 Å². The van der Waals surface area contributed by atoms with Crippen LogP contribution in [0.4, 0.5) is 0 Å². The van der Waals surface area contributed by atoms with Crippen LogP contribution in [0.25, 0.3) is 0 Å². The quantitative estimate of drug-likeness (QED) is 0.812.